The van der Waals surface area contributed by atoms with Crippen LogP contribution in [0.15, 0.2) is 60.7 Å². The van der Waals surface area contributed by atoms with Crippen molar-refractivity contribution in [3.63, 3.8) is 0 Å². The number of rotatable bonds is 5. The van der Waals surface area contributed by atoms with Gasteiger partial charge in [-0.05, 0) is 48.7 Å². The predicted octanol–water partition coefficient (Wildman–Crippen LogP) is 4.61. The Bertz CT molecular complexity index is 1120. The summed E-state index contributed by atoms with van der Waals surface area (Å²) in [5.41, 5.74) is 0.0406. The lowest BCUT2D eigenvalue weighted by Crippen LogP contribution is -2.47. The maximum Gasteiger partial charge on any atom is 0.229 e. The number of pyridine rings is 1. The highest BCUT2D eigenvalue weighted by Gasteiger charge is 2.42. The number of carbonyl (C=O) groups is 1. The van der Waals surface area contributed by atoms with Crippen LogP contribution >= 0.6 is 0 Å². The highest BCUT2D eigenvalue weighted by Crippen LogP contribution is 2.41. The molecule has 1 aromatic heterocycles. The number of hydrogen-bond acceptors (Lipinski definition) is 3. The average molecular weight is 426 g/mol. The number of carbonyl (C=O) groups excluding carboxylic acids is 1. The summed E-state index contributed by atoms with van der Waals surface area (Å²) in [6.07, 6.45) is 0.726. The van der Waals surface area contributed by atoms with Crippen molar-refractivity contribution in [2.45, 2.75) is 24.7 Å². The van der Waals surface area contributed by atoms with E-state index in [9.17, 15) is 23.1 Å². The van der Waals surface area contributed by atoms with Gasteiger partial charge >= 0.3 is 0 Å². The maximum absolute atomic E-state index is 14.5. The molecule has 4 rings (SSSR count). The first kappa shape index (κ1) is 21.1. The molecule has 160 valence electrons. The van der Waals surface area contributed by atoms with Crippen LogP contribution < -0.4 is 4.90 Å². The molecule has 4 nitrogen and oxygen atoms in total. The summed E-state index contributed by atoms with van der Waals surface area (Å²) in [6, 6.07) is 14.4. The van der Waals surface area contributed by atoms with E-state index in [0.29, 0.717) is 17.8 Å². The lowest BCUT2D eigenvalue weighted by Gasteiger charge is -2.41. The molecule has 1 saturated heterocycles. The minimum atomic E-state index is -0.797. The Hall–Kier alpha value is -3.19. The van der Waals surface area contributed by atoms with E-state index < -0.39 is 22.9 Å². The van der Waals surface area contributed by atoms with Gasteiger partial charge in [0.15, 0.2) is 0 Å². The van der Waals surface area contributed by atoms with Crippen LogP contribution in [0.2, 0.25) is 0 Å². The minimum absolute atomic E-state index is 0.0192. The molecule has 2 aromatic carbocycles. The normalized spacial score (nSPS) is 19.0. The van der Waals surface area contributed by atoms with Gasteiger partial charge in [0.1, 0.15) is 23.3 Å². The van der Waals surface area contributed by atoms with Gasteiger partial charge in [-0.3, -0.25) is 9.69 Å². The Morgan fingerprint density at radius 1 is 1.00 bits per heavy atom. The number of benzene rings is 2. The number of aliphatic hydroxyl groups excluding tert-OH is 1. The lowest BCUT2D eigenvalue weighted by atomic mass is 9.70. The number of hydrogen-bond donors (Lipinski definition) is 1. The highest BCUT2D eigenvalue weighted by molar-refractivity contribution is 5.94. The third-order valence-electron chi connectivity index (χ3n) is 5.86. The maximum atomic E-state index is 14.5. The summed E-state index contributed by atoms with van der Waals surface area (Å²) in [5.74, 6) is -1.73. The Balaban J connectivity index is 1.63. The van der Waals surface area contributed by atoms with Crippen molar-refractivity contribution >= 4 is 11.7 Å². The largest absolute Gasteiger partial charge is 0.396 e. The molecule has 1 amide bonds. The zero-order valence-electron chi connectivity index (χ0n) is 16.7. The van der Waals surface area contributed by atoms with Crippen molar-refractivity contribution in [1.29, 1.82) is 0 Å². The van der Waals surface area contributed by atoms with Crippen molar-refractivity contribution in [3.8, 4) is 11.3 Å². The molecule has 7 heteroatoms. The molecule has 0 aliphatic carbocycles. The van der Waals surface area contributed by atoms with E-state index in [1.165, 1.54) is 17.0 Å². The number of nitrogens with zero attached hydrogens (tertiary/aromatic N) is 2. The second kappa shape index (κ2) is 8.51. The average Bonchev–Trinajstić information content (AvgIpc) is 2.74. The fourth-order valence-corrected chi connectivity index (χ4v) is 4.27. The second-order valence-corrected chi connectivity index (χ2v) is 7.71. The molecule has 31 heavy (non-hydrogen) atoms. The smallest absolute Gasteiger partial charge is 0.229 e. The van der Waals surface area contributed by atoms with Gasteiger partial charge in [0.25, 0.3) is 0 Å². The molecule has 3 aromatic rings. The van der Waals surface area contributed by atoms with E-state index in [4.69, 9.17) is 0 Å². The fourth-order valence-electron chi connectivity index (χ4n) is 4.27. The summed E-state index contributed by atoms with van der Waals surface area (Å²) >= 11 is 0. The Labute approximate surface area is 178 Å². The SMILES string of the molecule is O=C1CC(CCO)(c2ccccc2F)CCN1c1cccc(-c2ccc(F)cc2F)n1. The number of aliphatic hydroxyl groups is 1. The molecule has 1 fully saturated rings. The number of halogens is 3. The third-order valence-corrected chi connectivity index (χ3v) is 5.86. The first-order chi connectivity index (χ1) is 14.9. The zero-order chi connectivity index (χ0) is 22.0. The van der Waals surface area contributed by atoms with Crippen LogP contribution in [0, 0.1) is 17.5 Å². The predicted molar refractivity (Wildman–Crippen MR) is 111 cm³/mol. The van der Waals surface area contributed by atoms with Gasteiger partial charge in [0, 0.05) is 36.6 Å². The number of anilines is 1. The van der Waals surface area contributed by atoms with Crippen molar-refractivity contribution in [1.82, 2.24) is 4.98 Å². The fraction of sp³-hybridized carbons (Fsp3) is 0.250. The van der Waals surface area contributed by atoms with E-state index in [0.717, 1.165) is 12.1 Å². The lowest BCUT2D eigenvalue weighted by molar-refractivity contribution is -0.121. The topological polar surface area (TPSA) is 53.4 Å². The van der Waals surface area contributed by atoms with Gasteiger partial charge in [-0.25, -0.2) is 18.2 Å². The van der Waals surface area contributed by atoms with Crippen molar-refractivity contribution in [2.75, 3.05) is 18.1 Å². The van der Waals surface area contributed by atoms with Gasteiger partial charge in [-0.15, -0.1) is 0 Å². The molecular weight excluding hydrogens is 405 g/mol. The summed E-state index contributed by atoms with van der Waals surface area (Å²) < 4.78 is 41.9. The first-order valence-electron chi connectivity index (χ1n) is 10.0. The van der Waals surface area contributed by atoms with Gasteiger partial charge < -0.3 is 5.11 Å². The van der Waals surface area contributed by atoms with Crippen LogP contribution in [0.1, 0.15) is 24.8 Å². The summed E-state index contributed by atoms with van der Waals surface area (Å²) in [4.78, 5) is 19.0. The van der Waals surface area contributed by atoms with Gasteiger partial charge in [0.2, 0.25) is 5.91 Å². The second-order valence-electron chi connectivity index (χ2n) is 7.71. The summed E-state index contributed by atoms with van der Waals surface area (Å²) in [5, 5.41) is 9.59. The molecular formula is C24H21F3N2O2. The van der Waals surface area contributed by atoms with Gasteiger partial charge in [0.05, 0.1) is 5.69 Å². The molecule has 1 unspecified atom stereocenters. The number of amides is 1. The van der Waals surface area contributed by atoms with Crippen LogP contribution in [0.4, 0.5) is 19.0 Å². The van der Waals surface area contributed by atoms with Crippen molar-refractivity contribution in [3.05, 3.63) is 83.7 Å². The van der Waals surface area contributed by atoms with E-state index in [-0.39, 0.29) is 43.2 Å². The van der Waals surface area contributed by atoms with Crippen LogP contribution in [-0.2, 0) is 10.2 Å². The molecule has 0 spiro atoms. The van der Waals surface area contributed by atoms with Gasteiger partial charge in [-0.2, -0.15) is 0 Å². The highest BCUT2D eigenvalue weighted by atomic mass is 19.1. The zero-order valence-corrected chi connectivity index (χ0v) is 16.7. The molecule has 0 saturated carbocycles. The molecule has 1 atom stereocenters. The third kappa shape index (κ3) is 4.05. The van der Waals surface area contributed by atoms with Crippen LogP contribution in [0.5, 0.6) is 0 Å². The molecule has 1 aliphatic rings. The molecule has 2 heterocycles. The molecule has 1 aliphatic heterocycles. The Morgan fingerprint density at radius 3 is 2.52 bits per heavy atom. The van der Waals surface area contributed by atoms with Crippen molar-refractivity contribution < 1.29 is 23.1 Å². The first-order valence-corrected chi connectivity index (χ1v) is 10.0. The molecule has 1 N–H and O–H groups in total. The standard InChI is InChI=1S/C24H21F3N2O2/c25-16-8-9-17(20(27)14-16)21-6-3-7-22(28-21)29-12-10-24(11-13-30,15-23(29)31)18-4-1-2-5-19(18)26/h1-9,14,30H,10-13,15H2. The van der Waals surface area contributed by atoms with E-state index in [2.05, 4.69) is 4.98 Å². The van der Waals surface area contributed by atoms with E-state index in [1.54, 1.807) is 36.4 Å². The monoisotopic (exact) mass is 426 g/mol. The quantitative estimate of drug-likeness (QED) is 0.648. The van der Waals surface area contributed by atoms with Crippen molar-refractivity contribution in [2.24, 2.45) is 0 Å². The Kier molecular flexibility index (Phi) is 5.78. The van der Waals surface area contributed by atoms with Crippen LogP contribution in [0.25, 0.3) is 11.3 Å². The molecule has 0 bridgehead atoms. The van der Waals surface area contributed by atoms with E-state index in [1.807, 2.05) is 0 Å². The summed E-state index contributed by atoms with van der Waals surface area (Å²) in [6.45, 7) is 0.106. The number of piperidine rings is 1. The van der Waals surface area contributed by atoms with Crippen LogP contribution in [0.3, 0.4) is 0 Å². The van der Waals surface area contributed by atoms with Crippen LogP contribution in [-0.4, -0.2) is 29.1 Å². The summed E-state index contributed by atoms with van der Waals surface area (Å²) in [7, 11) is 0. The Morgan fingerprint density at radius 2 is 1.81 bits per heavy atom. The molecule has 0 radical (unpaired) electrons. The van der Waals surface area contributed by atoms with E-state index >= 15 is 0 Å². The minimum Gasteiger partial charge on any atom is -0.396 e. The number of aromatic nitrogens is 1. The van der Waals surface area contributed by atoms with Gasteiger partial charge in [-0.1, -0.05) is 24.3 Å².